The Labute approximate surface area is 210 Å². The van der Waals surface area contributed by atoms with Gasteiger partial charge in [0.1, 0.15) is 0 Å². The van der Waals surface area contributed by atoms with Crippen molar-refractivity contribution in [3.8, 4) is 16.9 Å². The quantitative estimate of drug-likeness (QED) is 0.282. The van der Waals surface area contributed by atoms with E-state index in [4.69, 9.17) is 14.2 Å². The first-order valence-corrected chi connectivity index (χ1v) is 11.4. The molecule has 0 N–H and O–H groups in total. The van der Waals surface area contributed by atoms with Gasteiger partial charge in [-0.2, -0.15) is 4.57 Å². The number of aromatic nitrogens is 2. The molecule has 7 heteroatoms. The summed E-state index contributed by atoms with van der Waals surface area (Å²) < 4.78 is 19.3. The number of rotatable bonds is 8. The van der Waals surface area contributed by atoms with Crippen LogP contribution in [0.15, 0.2) is 91.5 Å². The molecule has 0 radical (unpaired) electrons. The van der Waals surface area contributed by atoms with Crippen molar-refractivity contribution in [2.45, 2.75) is 13.1 Å². The van der Waals surface area contributed by atoms with E-state index in [0.717, 1.165) is 28.0 Å². The second kappa shape index (κ2) is 11.3. The van der Waals surface area contributed by atoms with E-state index < -0.39 is 0 Å². The molecule has 0 fully saturated rings. The Morgan fingerprint density at radius 1 is 0.639 bits per heavy atom. The molecule has 7 nitrogen and oxygen atoms in total. The smallest absolute Gasteiger partial charge is 0.337 e. The summed E-state index contributed by atoms with van der Waals surface area (Å²) in [6.07, 6.45) is 8.02. The van der Waals surface area contributed by atoms with Crippen molar-refractivity contribution < 1.29 is 32.9 Å². The minimum Gasteiger partial charge on any atom is -0.490 e. The number of hydrogen-bond donors (Lipinski definition) is 0. The summed E-state index contributed by atoms with van der Waals surface area (Å²) in [4.78, 5) is 23.2. The maximum absolute atomic E-state index is 11.6. The fourth-order valence-electron chi connectivity index (χ4n) is 3.91. The van der Waals surface area contributed by atoms with Gasteiger partial charge in [0.25, 0.3) is 0 Å². The van der Waals surface area contributed by atoms with Gasteiger partial charge in [-0.1, -0.05) is 24.3 Å². The molecule has 0 aliphatic carbocycles. The Balaban J connectivity index is 1.46. The van der Waals surface area contributed by atoms with Gasteiger partial charge in [-0.15, -0.1) is 0 Å². The Kier molecular flexibility index (Phi) is 7.70. The van der Waals surface area contributed by atoms with Gasteiger partial charge in [0.2, 0.25) is 6.20 Å². The molecule has 182 valence electrons. The Bertz CT molecular complexity index is 1350. The molecule has 2 heterocycles. The molecule has 4 aromatic rings. The largest absolute Gasteiger partial charge is 0.490 e. The van der Waals surface area contributed by atoms with Gasteiger partial charge >= 0.3 is 11.9 Å². The molecule has 0 atom stereocenters. The topological polar surface area (TPSA) is 69.6 Å². The minimum absolute atomic E-state index is 0.340. The Morgan fingerprint density at radius 2 is 1.11 bits per heavy atom. The summed E-state index contributed by atoms with van der Waals surface area (Å²) in [5, 5.41) is 0. The van der Waals surface area contributed by atoms with Gasteiger partial charge < -0.3 is 14.2 Å². The second-order valence-electron chi connectivity index (χ2n) is 8.24. The first-order valence-electron chi connectivity index (χ1n) is 11.4. The third kappa shape index (κ3) is 5.75. The van der Waals surface area contributed by atoms with Crippen LogP contribution < -0.4 is 13.9 Å². The van der Waals surface area contributed by atoms with Crippen molar-refractivity contribution in [3.05, 3.63) is 114 Å². The number of carbonyl (C=O) groups is 2. The second-order valence-corrected chi connectivity index (χ2v) is 8.24. The lowest BCUT2D eigenvalue weighted by Gasteiger charge is -2.08. The summed E-state index contributed by atoms with van der Waals surface area (Å²) in [5.41, 5.74) is 5.23. The van der Waals surface area contributed by atoms with E-state index >= 15 is 0 Å². The van der Waals surface area contributed by atoms with Gasteiger partial charge in [0, 0.05) is 34.9 Å². The lowest BCUT2D eigenvalue weighted by Crippen LogP contribution is -2.34. The zero-order chi connectivity index (χ0) is 25.5. The van der Waals surface area contributed by atoms with E-state index in [9.17, 15) is 9.59 Å². The van der Waals surface area contributed by atoms with Crippen molar-refractivity contribution in [3.63, 3.8) is 0 Å². The molecule has 36 heavy (non-hydrogen) atoms. The Morgan fingerprint density at radius 3 is 1.58 bits per heavy atom. The number of nitrogens with zero attached hydrogens (tertiary/aromatic N) is 2. The highest BCUT2D eigenvalue weighted by atomic mass is 16.5. The summed E-state index contributed by atoms with van der Waals surface area (Å²) in [6.45, 7) is 1.32. The highest BCUT2D eigenvalue weighted by molar-refractivity contribution is 5.89. The Hall–Kier alpha value is -4.52. The van der Waals surface area contributed by atoms with Crippen LogP contribution in [0, 0.1) is 0 Å². The highest BCUT2D eigenvalue weighted by Crippen LogP contribution is 2.27. The van der Waals surface area contributed by atoms with Crippen LogP contribution in [0.3, 0.4) is 0 Å². The highest BCUT2D eigenvalue weighted by Gasteiger charge is 2.15. The lowest BCUT2D eigenvalue weighted by atomic mass is 10.1. The molecule has 2 aromatic heterocycles. The molecule has 0 aliphatic heterocycles. The molecule has 0 unspecified atom stereocenters. The fraction of sp³-hybridized carbons (Fsp3) is 0.172. The van der Waals surface area contributed by atoms with Gasteiger partial charge in [-0.05, 0) is 29.8 Å². The summed E-state index contributed by atoms with van der Waals surface area (Å²) in [7, 11) is 4.41. The zero-order valence-corrected chi connectivity index (χ0v) is 20.5. The van der Waals surface area contributed by atoms with E-state index in [1.165, 1.54) is 14.2 Å². The van der Waals surface area contributed by atoms with E-state index in [1.54, 1.807) is 31.4 Å². The van der Waals surface area contributed by atoms with Crippen LogP contribution in [0.2, 0.25) is 0 Å². The maximum Gasteiger partial charge on any atom is 0.337 e. The van der Waals surface area contributed by atoms with Gasteiger partial charge in [-0.25, -0.2) is 14.2 Å². The zero-order valence-electron chi connectivity index (χ0n) is 20.5. The van der Waals surface area contributed by atoms with E-state index in [0.29, 0.717) is 24.2 Å². The third-order valence-corrected chi connectivity index (χ3v) is 5.88. The van der Waals surface area contributed by atoms with Gasteiger partial charge in [0.15, 0.2) is 37.4 Å². The predicted molar refractivity (Wildman–Crippen MR) is 133 cm³/mol. The fourth-order valence-corrected chi connectivity index (χ4v) is 3.91. The average molecular weight is 485 g/mol. The number of methoxy groups -OCH3 is 3. The SMILES string of the molecule is COC(=O)c1ccc(C[n+]2ccc(-c3cc[n+](Cc4ccc(C(=O)OC)cc4)cc3OC)cc2)cc1. The number of hydrogen-bond acceptors (Lipinski definition) is 5. The standard InChI is InChI=1S/C29H28N2O5/c1-34-27-20-31(19-22-6-10-25(11-7-22)29(33)36-3)17-14-26(27)23-12-15-30(16-13-23)18-21-4-8-24(9-5-21)28(32)35-2/h4-17,20H,18-19H2,1-3H3/q+2. The molecule has 4 rings (SSSR count). The van der Waals surface area contributed by atoms with Crippen molar-refractivity contribution in [2.24, 2.45) is 0 Å². The van der Waals surface area contributed by atoms with Gasteiger partial charge in [-0.3, -0.25) is 0 Å². The molecule has 0 saturated heterocycles. The van der Waals surface area contributed by atoms with Crippen LogP contribution in [-0.4, -0.2) is 33.3 Å². The van der Waals surface area contributed by atoms with Gasteiger partial charge in [0.05, 0.1) is 32.5 Å². The average Bonchev–Trinajstić information content (AvgIpc) is 2.93. The molecule has 0 bridgehead atoms. The summed E-state index contributed by atoms with van der Waals surface area (Å²) in [5.74, 6) is 0.0777. The normalized spacial score (nSPS) is 10.5. The van der Waals surface area contributed by atoms with Crippen LogP contribution in [0.4, 0.5) is 0 Å². The van der Waals surface area contributed by atoms with Crippen LogP contribution in [-0.2, 0) is 22.6 Å². The molecular weight excluding hydrogens is 456 g/mol. The van der Waals surface area contributed by atoms with Crippen LogP contribution in [0.1, 0.15) is 31.8 Å². The molecule has 0 amide bonds. The monoisotopic (exact) mass is 484 g/mol. The molecule has 0 saturated carbocycles. The van der Waals surface area contributed by atoms with Crippen molar-refractivity contribution in [2.75, 3.05) is 21.3 Å². The lowest BCUT2D eigenvalue weighted by molar-refractivity contribution is -0.688. The first-order chi connectivity index (χ1) is 17.5. The summed E-state index contributed by atoms with van der Waals surface area (Å²) in [6, 6.07) is 20.9. The maximum atomic E-state index is 11.6. The number of benzene rings is 2. The number of ether oxygens (including phenoxy) is 3. The van der Waals surface area contributed by atoms with Crippen molar-refractivity contribution in [1.29, 1.82) is 0 Å². The summed E-state index contributed by atoms with van der Waals surface area (Å²) >= 11 is 0. The molecular formula is C29H28N2O5+2. The van der Waals surface area contributed by atoms with Crippen LogP contribution >= 0.6 is 0 Å². The van der Waals surface area contributed by atoms with Crippen LogP contribution in [0.5, 0.6) is 5.75 Å². The molecule has 0 aliphatic rings. The van der Waals surface area contributed by atoms with Crippen molar-refractivity contribution in [1.82, 2.24) is 0 Å². The van der Waals surface area contributed by atoms with E-state index in [-0.39, 0.29) is 11.9 Å². The predicted octanol–water partition coefficient (Wildman–Crippen LogP) is 3.61. The van der Waals surface area contributed by atoms with E-state index in [1.807, 2.05) is 59.7 Å². The van der Waals surface area contributed by atoms with Crippen LogP contribution in [0.25, 0.3) is 11.1 Å². The minimum atomic E-state index is -0.346. The molecule has 0 spiro atoms. The first kappa shape index (κ1) is 24.6. The number of esters is 2. The number of pyridine rings is 2. The third-order valence-electron chi connectivity index (χ3n) is 5.88. The number of carbonyl (C=O) groups excluding carboxylic acids is 2. The molecule has 2 aromatic carbocycles. The van der Waals surface area contributed by atoms with E-state index in [2.05, 4.69) is 16.7 Å². The van der Waals surface area contributed by atoms with Crippen molar-refractivity contribution >= 4 is 11.9 Å².